The first-order chi connectivity index (χ1) is 15.5. The van der Waals surface area contributed by atoms with Crippen molar-refractivity contribution >= 4 is 0 Å². The SMILES string of the molecule is CC1CN2CC(c3ccccc3)N(Cc3ccccc3)CC2CC1(C)c1cccc(O)c1. The summed E-state index contributed by atoms with van der Waals surface area (Å²) in [4.78, 5) is 5.42. The van der Waals surface area contributed by atoms with E-state index >= 15 is 0 Å². The number of benzene rings is 3. The van der Waals surface area contributed by atoms with Gasteiger partial charge in [-0.05, 0) is 46.6 Å². The second-order valence-corrected chi connectivity index (χ2v) is 10.0. The molecule has 0 aliphatic carbocycles. The van der Waals surface area contributed by atoms with Gasteiger partial charge in [-0.3, -0.25) is 9.80 Å². The number of aromatic hydroxyl groups is 1. The molecule has 4 unspecified atom stereocenters. The van der Waals surface area contributed by atoms with Crippen LogP contribution in [0.2, 0.25) is 0 Å². The molecule has 32 heavy (non-hydrogen) atoms. The number of hydrogen-bond acceptors (Lipinski definition) is 3. The Morgan fingerprint density at radius 1 is 0.875 bits per heavy atom. The van der Waals surface area contributed by atoms with Crippen molar-refractivity contribution in [2.75, 3.05) is 19.6 Å². The van der Waals surface area contributed by atoms with Crippen molar-refractivity contribution in [3.63, 3.8) is 0 Å². The van der Waals surface area contributed by atoms with Gasteiger partial charge in [0.05, 0.1) is 0 Å². The Morgan fingerprint density at radius 3 is 2.31 bits per heavy atom. The fourth-order valence-corrected chi connectivity index (χ4v) is 5.91. The summed E-state index contributed by atoms with van der Waals surface area (Å²) in [5.74, 6) is 0.898. The highest BCUT2D eigenvalue weighted by Crippen LogP contribution is 2.45. The van der Waals surface area contributed by atoms with Crippen molar-refractivity contribution in [1.82, 2.24) is 9.80 Å². The molecule has 1 N–H and O–H groups in total. The maximum absolute atomic E-state index is 10.1. The van der Waals surface area contributed by atoms with Crippen LogP contribution in [0.3, 0.4) is 0 Å². The van der Waals surface area contributed by atoms with Crippen LogP contribution in [-0.2, 0) is 12.0 Å². The molecule has 0 amide bonds. The molecular formula is C29H34N2O. The van der Waals surface area contributed by atoms with Crippen molar-refractivity contribution in [1.29, 1.82) is 0 Å². The third-order valence-corrected chi connectivity index (χ3v) is 7.98. The van der Waals surface area contributed by atoms with Crippen LogP contribution in [-0.4, -0.2) is 40.6 Å². The first-order valence-electron chi connectivity index (χ1n) is 11.9. The second kappa shape index (κ2) is 8.73. The lowest BCUT2D eigenvalue weighted by Crippen LogP contribution is -2.61. The Labute approximate surface area is 192 Å². The van der Waals surface area contributed by atoms with Gasteiger partial charge in [0.1, 0.15) is 5.75 Å². The van der Waals surface area contributed by atoms with E-state index < -0.39 is 0 Å². The van der Waals surface area contributed by atoms with E-state index in [0.29, 0.717) is 23.8 Å². The van der Waals surface area contributed by atoms with Gasteiger partial charge in [0.2, 0.25) is 0 Å². The first-order valence-corrected chi connectivity index (χ1v) is 11.9. The number of nitrogens with zero attached hydrogens (tertiary/aromatic N) is 2. The summed E-state index contributed by atoms with van der Waals surface area (Å²) >= 11 is 0. The fourth-order valence-electron chi connectivity index (χ4n) is 5.91. The smallest absolute Gasteiger partial charge is 0.115 e. The monoisotopic (exact) mass is 426 g/mol. The van der Waals surface area contributed by atoms with Gasteiger partial charge in [-0.25, -0.2) is 0 Å². The molecule has 0 spiro atoms. The number of piperidine rings is 1. The predicted molar refractivity (Wildman–Crippen MR) is 131 cm³/mol. The van der Waals surface area contributed by atoms with Gasteiger partial charge in [-0.15, -0.1) is 0 Å². The van der Waals surface area contributed by atoms with Crippen LogP contribution in [0.1, 0.15) is 43.0 Å². The molecule has 2 saturated heterocycles. The zero-order valence-electron chi connectivity index (χ0n) is 19.2. The molecule has 0 aromatic heterocycles. The average Bonchev–Trinajstić information content (AvgIpc) is 2.81. The summed E-state index contributed by atoms with van der Waals surface area (Å²) in [7, 11) is 0. The number of phenols is 1. The first kappa shape index (κ1) is 21.2. The molecule has 2 heterocycles. The lowest BCUT2D eigenvalue weighted by Gasteiger charge is -2.55. The highest BCUT2D eigenvalue weighted by Gasteiger charge is 2.46. The number of hydrogen-bond donors (Lipinski definition) is 1. The highest BCUT2D eigenvalue weighted by molar-refractivity contribution is 5.34. The third kappa shape index (κ3) is 4.07. The minimum Gasteiger partial charge on any atom is -0.508 e. The average molecular weight is 427 g/mol. The maximum atomic E-state index is 10.1. The molecule has 0 saturated carbocycles. The van der Waals surface area contributed by atoms with Crippen LogP contribution in [0.25, 0.3) is 0 Å². The van der Waals surface area contributed by atoms with E-state index in [1.165, 1.54) is 16.7 Å². The molecule has 0 radical (unpaired) electrons. The van der Waals surface area contributed by atoms with E-state index in [9.17, 15) is 5.11 Å². The second-order valence-electron chi connectivity index (χ2n) is 10.0. The standard InChI is InChI=1S/C29H34N2O/c1-22-18-30-21-28(24-12-7-4-8-13-24)31(19-23-10-5-3-6-11-23)20-26(30)17-29(22,2)25-14-9-15-27(32)16-25/h3-16,22,26,28,32H,17-21H2,1-2H3. The van der Waals surface area contributed by atoms with Crippen LogP contribution in [0.5, 0.6) is 5.75 Å². The van der Waals surface area contributed by atoms with Crippen molar-refractivity contribution in [2.24, 2.45) is 5.92 Å². The van der Waals surface area contributed by atoms with Crippen LogP contribution < -0.4 is 0 Å². The lowest BCUT2D eigenvalue weighted by atomic mass is 9.65. The summed E-state index contributed by atoms with van der Waals surface area (Å²) in [5, 5.41) is 10.1. The number of rotatable bonds is 4. The normalized spacial score (nSPS) is 28.9. The number of fused-ring (bicyclic) bond motifs is 1. The van der Waals surface area contributed by atoms with Crippen LogP contribution >= 0.6 is 0 Å². The van der Waals surface area contributed by atoms with Crippen LogP contribution in [0.15, 0.2) is 84.9 Å². The van der Waals surface area contributed by atoms with E-state index in [0.717, 1.165) is 32.6 Å². The van der Waals surface area contributed by atoms with Crippen molar-refractivity contribution in [3.8, 4) is 5.75 Å². The van der Waals surface area contributed by atoms with Crippen molar-refractivity contribution < 1.29 is 5.11 Å². The van der Waals surface area contributed by atoms with Crippen molar-refractivity contribution in [3.05, 3.63) is 102 Å². The molecule has 3 heteroatoms. The van der Waals surface area contributed by atoms with Gasteiger partial charge >= 0.3 is 0 Å². The molecular weight excluding hydrogens is 392 g/mol. The Kier molecular flexibility index (Phi) is 5.79. The largest absolute Gasteiger partial charge is 0.508 e. The molecule has 2 fully saturated rings. The molecule has 0 bridgehead atoms. The van der Waals surface area contributed by atoms with Gasteiger partial charge in [0, 0.05) is 38.3 Å². The van der Waals surface area contributed by atoms with E-state index in [2.05, 4.69) is 90.4 Å². The zero-order valence-corrected chi connectivity index (χ0v) is 19.2. The van der Waals surface area contributed by atoms with Crippen molar-refractivity contribution in [2.45, 2.75) is 44.3 Å². The summed E-state index contributed by atoms with van der Waals surface area (Å²) in [6, 6.07) is 30.7. The maximum Gasteiger partial charge on any atom is 0.115 e. The summed E-state index contributed by atoms with van der Waals surface area (Å²) < 4.78 is 0. The predicted octanol–water partition coefficient (Wildman–Crippen LogP) is 5.62. The van der Waals surface area contributed by atoms with Crippen LogP contribution in [0.4, 0.5) is 0 Å². The summed E-state index contributed by atoms with van der Waals surface area (Å²) in [6.07, 6.45) is 1.12. The van der Waals surface area contributed by atoms with Crippen LogP contribution in [0, 0.1) is 5.92 Å². The molecule has 3 aromatic rings. The van der Waals surface area contributed by atoms with Gasteiger partial charge in [-0.2, -0.15) is 0 Å². The Hall–Kier alpha value is -2.62. The molecule has 3 aromatic carbocycles. The molecule has 166 valence electrons. The van der Waals surface area contributed by atoms with Gasteiger partial charge in [-0.1, -0.05) is 86.6 Å². The Balaban J connectivity index is 1.44. The number of phenolic OH excluding ortho intramolecular Hbond substituents is 1. The van der Waals surface area contributed by atoms with Gasteiger partial charge in [0.15, 0.2) is 0 Å². The minimum atomic E-state index is 0.0674. The van der Waals surface area contributed by atoms with E-state index in [-0.39, 0.29) is 5.41 Å². The van der Waals surface area contributed by atoms with E-state index in [1.807, 2.05) is 12.1 Å². The van der Waals surface area contributed by atoms with E-state index in [1.54, 1.807) is 6.07 Å². The number of piperazine rings is 1. The lowest BCUT2D eigenvalue weighted by molar-refractivity contribution is -0.0351. The third-order valence-electron chi connectivity index (χ3n) is 7.98. The minimum absolute atomic E-state index is 0.0674. The van der Waals surface area contributed by atoms with Gasteiger partial charge < -0.3 is 5.11 Å². The summed E-state index contributed by atoms with van der Waals surface area (Å²) in [6.45, 7) is 8.99. The Bertz CT molecular complexity index is 1040. The molecule has 2 aliphatic heterocycles. The molecule has 4 atom stereocenters. The topological polar surface area (TPSA) is 26.7 Å². The van der Waals surface area contributed by atoms with E-state index in [4.69, 9.17) is 0 Å². The fraction of sp³-hybridized carbons (Fsp3) is 0.379. The zero-order chi connectivity index (χ0) is 22.1. The Morgan fingerprint density at radius 2 is 1.59 bits per heavy atom. The van der Waals surface area contributed by atoms with Gasteiger partial charge in [0.25, 0.3) is 0 Å². The molecule has 2 aliphatic rings. The quantitative estimate of drug-likeness (QED) is 0.587. The molecule has 3 nitrogen and oxygen atoms in total. The summed E-state index contributed by atoms with van der Waals surface area (Å²) in [5.41, 5.74) is 4.12. The molecule has 5 rings (SSSR count). The highest BCUT2D eigenvalue weighted by atomic mass is 16.3.